The Morgan fingerprint density at radius 3 is 2.41 bits per heavy atom. The summed E-state index contributed by atoms with van der Waals surface area (Å²) in [5, 5.41) is 14.9. The lowest BCUT2D eigenvalue weighted by molar-refractivity contribution is -0.384. The minimum absolute atomic E-state index is 0.0562. The molecule has 1 aliphatic rings. The first kappa shape index (κ1) is 21.9. The quantitative estimate of drug-likeness (QED) is 0.328. The second kappa shape index (κ2) is 7.65. The fourth-order valence-corrected chi connectivity index (χ4v) is 4.73. The number of nitro groups is 1. The standard InChI is InChI=1S/C18H14F3N5O5S/c19-18(20,21)12-2-1-3-15(10-12)32(30,31)23-8-9-24-16(11-23)22-25(17(24)27)13-4-6-14(7-5-13)26(28)29/h1-7,10H,8-9,11H2. The first-order valence-corrected chi connectivity index (χ1v) is 10.5. The molecule has 0 amide bonds. The Balaban J connectivity index is 1.64. The Kier molecular flexibility index (Phi) is 5.22. The average Bonchev–Trinajstić information content (AvgIpc) is 3.09. The summed E-state index contributed by atoms with van der Waals surface area (Å²) < 4.78 is 67.9. The first-order chi connectivity index (χ1) is 15.0. The summed E-state index contributed by atoms with van der Waals surface area (Å²) in [6.07, 6.45) is -4.70. The van der Waals surface area contributed by atoms with E-state index in [1.54, 1.807) is 0 Å². The van der Waals surface area contributed by atoms with E-state index in [0.717, 1.165) is 27.2 Å². The maximum atomic E-state index is 13.0. The van der Waals surface area contributed by atoms with Gasteiger partial charge in [0.15, 0.2) is 21.1 Å². The van der Waals surface area contributed by atoms with Crippen molar-refractivity contribution in [3.05, 3.63) is 80.5 Å². The molecule has 0 fully saturated rings. The minimum Gasteiger partial charge on any atom is -0.593 e. The van der Waals surface area contributed by atoms with Crippen molar-refractivity contribution in [3.8, 4) is 5.69 Å². The van der Waals surface area contributed by atoms with E-state index >= 15 is 0 Å². The smallest absolute Gasteiger partial charge is 0.416 e. The predicted octanol–water partition coefficient (Wildman–Crippen LogP) is 2.38. The van der Waals surface area contributed by atoms with E-state index in [9.17, 15) is 36.8 Å². The predicted molar refractivity (Wildman–Crippen MR) is 103 cm³/mol. The van der Waals surface area contributed by atoms with Crippen LogP contribution in [0.5, 0.6) is 0 Å². The number of benzene rings is 2. The van der Waals surface area contributed by atoms with Crippen molar-refractivity contribution in [1.29, 1.82) is 0 Å². The third-order valence-corrected chi connectivity index (χ3v) is 6.78. The van der Waals surface area contributed by atoms with Crippen molar-refractivity contribution in [2.24, 2.45) is 0 Å². The van der Waals surface area contributed by atoms with Crippen LogP contribution in [0.25, 0.3) is 5.69 Å². The molecule has 1 unspecified atom stereocenters. The SMILES string of the molecule is O=c1n(-c2ccc([N+](=O)[O-])cc2)nc2n1CCN([S+](=O)([O-])c1cccc(C(F)(F)F)c1)C2. The third kappa shape index (κ3) is 3.83. The number of sulfonamides is 1. The third-order valence-electron chi connectivity index (χ3n) is 4.93. The fraction of sp³-hybridized carbons (Fsp3) is 0.222. The highest BCUT2D eigenvalue weighted by Crippen LogP contribution is 2.33. The maximum absolute atomic E-state index is 13.0. The van der Waals surface area contributed by atoms with Crippen LogP contribution in [-0.4, -0.2) is 34.7 Å². The van der Waals surface area contributed by atoms with Crippen molar-refractivity contribution in [3.63, 3.8) is 0 Å². The van der Waals surface area contributed by atoms with Gasteiger partial charge < -0.3 is 4.55 Å². The van der Waals surface area contributed by atoms with Gasteiger partial charge in [-0.2, -0.15) is 17.9 Å². The van der Waals surface area contributed by atoms with Gasteiger partial charge in [0.1, 0.15) is 6.54 Å². The summed E-state index contributed by atoms with van der Waals surface area (Å²) in [6, 6.07) is 8.48. The molecule has 3 aromatic rings. The second-order valence-electron chi connectivity index (χ2n) is 6.90. The van der Waals surface area contributed by atoms with E-state index in [4.69, 9.17) is 0 Å². The topological polar surface area (TPSA) is 126 Å². The number of alkyl halides is 3. The van der Waals surface area contributed by atoms with Crippen LogP contribution in [0, 0.1) is 10.1 Å². The molecule has 2 heterocycles. The van der Waals surface area contributed by atoms with Crippen molar-refractivity contribution in [1.82, 2.24) is 18.7 Å². The van der Waals surface area contributed by atoms with E-state index < -0.39 is 37.6 Å². The summed E-state index contributed by atoms with van der Waals surface area (Å²) >= 11 is 0. The van der Waals surface area contributed by atoms with Gasteiger partial charge in [-0.1, -0.05) is 10.3 Å². The lowest BCUT2D eigenvalue weighted by atomic mass is 10.2. The summed E-state index contributed by atoms with van der Waals surface area (Å²) in [4.78, 5) is 22.3. The van der Waals surface area contributed by atoms with Gasteiger partial charge in [-0.25, -0.2) is 4.79 Å². The van der Waals surface area contributed by atoms with Gasteiger partial charge in [-0.15, -0.1) is 9.40 Å². The number of hydrogen-bond donors (Lipinski definition) is 0. The van der Waals surface area contributed by atoms with E-state index in [0.29, 0.717) is 6.07 Å². The molecular weight excluding hydrogens is 455 g/mol. The number of fused-ring (bicyclic) bond motifs is 1. The van der Waals surface area contributed by atoms with Gasteiger partial charge in [0.25, 0.3) is 5.69 Å². The van der Waals surface area contributed by atoms with Gasteiger partial charge in [0.2, 0.25) is 0 Å². The van der Waals surface area contributed by atoms with Gasteiger partial charge in [0, 0.05) is 24.7 Å². The molecule has 0 aliphatic carbocycles. The van der Waals surface area contributed by atoms with Gasteiger partial charge in [0.05, 0.1) is 22.7 Å². The molecular formula is C18H14F3N5O5S. The molecule has 0 saturated carbocycles. The molecule has 0 spiro atoms. The van der Waals surface area contributed by atoms with Crippen molar-refractivity contribution in [2.75, 3.05) is 6.54 Å². The fourth-order valence-electron chi connectivity index (χ4n) is 3.30. The molecule has 10 nitrogen and oxygen atoms in total. The highest BCUT2D eigenvalue weighted by atomic mass is 32.3. The molecule has 0 N–H and O–H groups in total. The summed E-state index contributed by atoms with van der Waals surface area (Å²) in [7, 11) is -4.28. The van der Waals surface area contributed by atoms with E-state index in [-0.39, 0.29) is 36.8 Å². The number of nitro benzene ring substituents is 1. The molecule has 14 heteroatoms. The minimum atomic E-state index is -4.70. The Labute approximate surface area is 179 Å². The lowest BCUT2D eigenvalue weighted by Gasteiger charge is -2.30. The molecule has 2 aromatic carbocycles. The summed E-state index contributed by atoms with van der Waals surface area (Å²) in [5.74, 6) is 0.0927. The zero-order valence-corrected chi connectivity index (χ0v) is 16.9. The van der Waals surface area contributed by atoms with Crippen LogP contribution >= 0.6 is 0 Å². The van der Waals surface area contributed by atoms with Crippen molar-refractivity contribution in [2.45, 2.75) is 24.2 Å². The van der Waals surface area contributed by atoms with Gasteiger partial charge in [-0.3, -0.25) is 14.7 Å². The van der Waals surface area contributed by atoms with Crippen LogP contribution in [0.2, 0.25) is 0 Å². The van der Waals surface area contributed by atoms with Crippen LogP contribution in [0.15, 0.2) is 58.2 Å². The van der Waals surface area contributed by atoms with E-state index in [1.165, 1.54) is 28.8 Å². The van der Waals surface area contributed by atoms with Crippen LogP contribution in [0.3, 0.4) is 0 Å². The number of nitrogens with zero attached hydrogens (tertiary/aromatic N) is 5. The molecule has 0 radical (unpaired) electrons. The average molecular weight is 469 g/mol. The zero-order chi connectivity index (χ0) is 23.3. The molecule has 4 rings (SSSR count). The number of rotatable bonds is 4. The number of non-ortho nitro benzene ring substituents is 1. The first-order valence-electron chi connectivity index (χ1n) is 9.09. The van der Waals surface area contributed by atoms with Crippen LogP contribution < -0.4 is 5.69 Å². The van der Waals surface area contributed by atoms with Crippen LogP contribution in [0.4, 0.5) is 18.9 Å². The summed E-state index contributed by atoms with van der Waals surface area (Å²) in [6.45, 7) is -0.523. The Morgan fingerprint density at radius 2 is 1.78 bits per heavy atom. The molecule has 168 valence electrons. The lowest BCUT2D eigenvalue weighted by Crippen LogP contribution is -2.43. The molecule has 32 heavy (non-hydrogen) atoms. The normalized spacial score (nSPS) is 16.4. The molecule has 0 bridgehead atoms. The van der Waals surface area contributed by atoms with E-state index in [2.05, 4.69) is 5.10 Å². The molecule has 1 aromatic heterocycles. The van der Waals surface area contributed by atoms with Crippen molar-refractivity contribution >= 4 is 16.1 Å². The Morgan fingerprint density at radius 1 is 1.09 bits per heavy atom. The van der Waals surface area contributed by atoms with Crippen LogP contribution in [0.1, 0.15) is 11.4 Å². The zero-order valence-electron chi connectivity index (χ0n) is 16.1. The van der Waals surface area contributed by atoms with Gasteiger partial charge >= 0.3 is 11.9 Å². The highest BCUT2D eigenvalue weighted by molar-refractivity contribution is 7.95. The number of hydrogen-bond acceptors (Lipinski definition) is 6. The van der Waals surface area contributed by atoms with Crippen molar-refractivity contribution < 1.29 is 26.9 Å². The summed E-state index contributed by atoms with van der Waals surface area (Å²) in [5.41, 5.74) is -1.58. The molecule has 1 aliphatic heterocycles. The Hall–Kier alpha value is -3.36. The van der Waals surface area contributed by atoms with Crippen LogP contribution in [-0.2, 0) is 33.9 Å². The monoisotopic (exact) mass is 469 g/mol. The Bertz CT molecular complexity index is 1300. The number of aromatic nitrogens is 3. The van der Waals surface area contributed by atoms with E-state index in [1.807, 2.05) is 0 Å². The molecule has 1 atom stereocenters. The highest BCUT2D eigenvalue weighted by Gasteiger charge is 2.38. The molecule has 0 saturated heterocycles. The van der Waals surface area contributed by atoms with Gasteiger partial charge in [-0.05, 0) is 24.3 Å². The number of halogens is 3. The largest absolute Gasteiger partial charge is 0.593 e. The second-order valence-corrected chi connectivity index (χ2v) is 8.84. The maximum Gasteiger partial charge on any atom is 0.416 e.